The summed E-state index contributed by atoms with van der Waals surface area (Å²) in [5.41, 5.74) is 4.10. The third kappa shape index (κ3) is 31.1. The van der Waals surface area contributed by atoms with Gasteiger partial charge in [0.15, 0.2) is 5.11 Å². The van der Waals surface area contributed by atoms with Gasteiger partial charge in [-0.25, -0.2) is 17.7 Å². The number of hydrogen-bond acceptors (Lipinski definition) is 24. The maximum atomic E-state index is 13.7. The Kier molecular flexibility index (Phi) is 32.8. The van der Waals surface area contributed by atoms with Gasteiger partial charge in [-0.1, -0.05) is 42.3 Å². The molecule has 0 fully saturated rings. The lowest BCUT2D eigenvalue weighted by Gasteiger charge is -2.34. The van der Waals surface area contributed by atoms with Crippen molar-refractivity contribution in [3.63, 3.8) is 0 Å². The number of aliphatic carboxylic acids is 6. The molecule has 42 heteroatoms. The highest BCUT2D eigenvalue weighted by molar-refractivity contribution is 7.97. The normalized spacial score (nSPS) is 13.4. The van der Waals surface area contributed by atoms with Gasteiger partial charge < -0.3 is 72.6 Å². The molecule has 4 aromatic rings. The van der Waals surface area contributed by atoms with Crippen molar-refractivity contribution in [2.75, 3.05) is 100 Å². The summed E-state index contributed by atoms with van der Waals surface area (Å²) in [7, 11) is -14.7. The smallest absolute Gasteiger partial charge is 0.323 e. The molecular weight excluding hydrogens is 1460 g/mol. The van der Waals surface area contributed by atoms with Crippen LogP contribution in [-0.2, 0) is 99.1 Å². The molecule has 103 heavy (non-hydrogen) atoms. The number of carbonyl (C=O) groups is 10. The number of amides is 4. The number of benzene rings is 3. The molecular formula is C61H80N12O25S5. The number of hydrogen-bond donors (Lipinski definition) is 16. The Balaban J connectivity index is 1.10. The molecule has 5 rings (SSSR count). The highest BCUT2D eigenvalue weighted by atomic mass is 32.2. The van der Waals surface area contributed by atoms with Crippen LogP contribution in [0, 0.1) is 13.8 Å². The van der Waals surface area contributed by atoms with Crippen LogP contribution in [0.15, 0.2) is 77.7 Å². The molecule has 16 N–H and O–H groups in total. The van der Waals surface area contributed by atoms with E-state index in [1.165, 1.54) is 60.7 Å². The SMILES string of the molecule is Cc1cc(OCCCC(=O)NCCNC(=O)C(CS(=O)(=O)O)NC(=O)[C@H](CS(=O)(=O)O)NC(=S)Nc2ccc(CC(CN(CSN(CC(=O)O)CC(=O)O)CC(=O)O)N(CC(=O)O)CC(=O)O)cc2)cc(C)c1S(=O)(=O)N[C@H](CNC(=O)c1ccc(CCc2ccc3c(n2)NCCC3)cc1)C(=O)O. The Bertz CT molecular complexity index is 4030. The second-order valence-electron chi connectivity index (χ2n) is 23.4. The van der Waals surface area contributed by atoms with E-state index in [0.717, 1.165) is 45.7 Å². The van der Waals surface area contributed by atoms with Crippen molar-refractivity contribution in [1.82, 2.24) is 50.4 Å². The predicted molar refractivity (Wildman–Crippen MR) is 373 cm³/mol. The fraction of sp³-hybridized carbons (Fsp3) is 0.443. The number of carbonyl (C=O) groups excluding carboxylic acids is 4. The van der Waals surface area contributed by atoms with Crippen molar-refractivity contribution in [3.8, 4) is 5.75 Å². The van der Waals surface area contributed by atoms with E-state index in [9.17, 15) is 113 Å². The molecule has 1 aliphatic heterocycles. The average molecular weight is 1540 g/mol. The van der Waals surface area contributed by atoms with Crippen LogP contribution in [0.4, 0.5) is 11.5 Å². The van der Waals surface area contributed by atoms with E-state index >= 15 is 0 Å². The number of nitrogens with zero attached hydrogens (tertiary/aromatic N) is 4. The van der Waals surface area contributed by atoms with Crippen LogP contribution in [-0.4, -0.2) is 262 Å². The molecule has 2 heterocycles. The summed E-state index contributed by atoms with van der Waals surface area (Å²) in [5, 5.41) is 74.4. The van der Waals surface area contributed by atoms with E-state index in [-0.39, 0.29) is 77.9 Å². The van der Waals surface area contributed by atoms with Crippen LogP contribution in [0.1, 0.15) is 63.1 Å². The van der Waals surface area contributed by atoms with Gasteiger partial charge in [-0.3, -0.25) is 66.9 Å². The van der Waals surface area contributed by atoms with Crippen molar-refractivity contribution in [1.29, 1.82) is 0 Å². The van der Waals surface area contributed by atoms with Crippen molar-refractivity contribution < 1.29 is 118 Å². The molecule has 1 aromatic heterocycles. The Hall–Kier alpha value is -9.24. The van der Waals surface area contributed by atoms with Crippen LogP contribution < -0.4 is 46.7 Å². The number of aromatic nitrogens is 1. The second-order valence-corrected chi connectivity index (χ2v) is 29.5. The van der Waals surface area contributed by atoms with Crippen LogP contribution in [0.2, 0.25) is 0 Å². The zero-order chi connectivity index (χ0) is 76.4. The largest absolute Gasteiger partial charge is 0.494 e. The number of carboxylic acids is 6. The maximum Gasteiger partial charge on any atom is 0.323 e. The third-order valence-corrected chi connectivity index (χ3v) is 19.5. The molecule has 0 spiro atoms. The number of thiocarbonyl (C=S) groups is 1. The van der Waals surface area contributed by atoms with Crippen molar-refractivity contribution in [2.45, 2.75) is 87.9 Å². The number of rotatable bonds is 45. The number of fused-ring (bicyclic) bond motifs is 1. The van der Waals surface area contributed by atoms with E-state index in [2.05, 4.69) is 42.7 Å². The summed E-state index contributed by atoms with van der Waals surface area (Å²) in [6.45, 7) is -1.89. The molecule has 0 saturated heterocycles. The minimum absolute atomic E-state index is 0.0696. The summed E-state index contributed by atoms with van der Waals surface area (Å²) < 4.78 is 104. The molecule has 0 bridgehead atoms. The number of ether oxygens (including phenoxy) is 1. The maximum absolute atomic E-state index is 13.7. The summed E-state index contributed by atoms with van der Waals surface area (Å²) in [5.74, 6) is -14.7. The molecule has 1 aliphatic rings. The van der Waals surface area contributed by atoms with Gasteiger partial charge in [0, 0.05) is 62.1 Å². The minimum atomic E-state index is -5.07. The minimum Gasteiger partial charge on any atom is -0.494 e. The van der Waals surface area contributed by atoms with E-state index < -0.39 is 176 Å². The highest BCUT2D eigenvalue weighted by Crippen LogP contribution is 2.27. The molecule has 0 saturated carbocycles. The molecule has 2 unspecified atom stereocenters. The quantitative estimate of drug-likeness (QED) is 0.00817. The summed E-state index contributed by atoms with van der Waals surface area (Å²) in [6.07, 6.45) is 3.12. The number of pyridine rings is 1. The molecule has 0 radical (unpaired) electrons. The fourth-order valence-electron chi connectivity index (χ4n) is 10.4. The lowest BCUT2D eigenvalue weighted by molar-refractivity contribution is -0.144. The van der Waals surface area contributed by atoms with E-state index in [4.69, 9.17) is 21.9 Å². The Morgan fingerprint density at radius 3 is 1.82 bits per heavy atom. The molecule has 4 amide bonds. The van der Waals surface area contributed by atoms with Gasteiger partial charge in [-0.15, -0.1) is 0 Å². The first-order chi connectivity index (χ1) is 48.3. The van der Waals surface area contributed by atoms with Crippen molar-refractivity contribution >= 4 is 130 Å². The third-order valence-electron chi connectivity index (χ3n) is 14.9. The van der Waals surface area contributed by atoms with Gasteiger partial charge in [0.05, 0.1) is 37.0 Å². The molecule has 564 valence electrons. The van der Waals surface area contributed by atoms with Crippen molar-refractivity contribution in [3.05, 3.63) is 112 Å². The average Bonchev–Trinajstić information content (AvgIpc) is 0.792. The zero-order valence-electron chi connectivity index (χ0n) is 55.4. The first kappa shape index (κ1) is 84.4. The highest BCUT2D eigenvalue weighted by Gasteiger charge is 2.34. The summed E-state index contributed by atoms with van der Waals surface area (Å²) >= 11 is 5.91. The van der Waals surface area contributed by atoms with E-state index in [1.54, 1.807) is 24.3 Å². The number of nitrogens with one attached hydrogen (secondary N) is 8. The van der Waals surface area contributed by atoms with E-state index in [0.29, 0.717) is 30.4 Å². The Morgan fingerprint density at radius 2 is 1.24 bits per heavy atom. The Morgan fingerprint density at radius 1 is 0.670 bits per heavy atom. The second kappa shape index (κ2) is 40.0. The summed E-state index contributed by atoms with van der Waals surface area (Å²) in [6, 6.07) is 12.0. The predicted octanol–water partition coefficient (Wildman–Crippen LogP) is -1.14. The van der Waals surface area contributed by atoms with E-state index in [1.807, 2.05) is 11.4 Å². The molecule has 3 aromatic carbocycles. The van der Waals surface area contributed by atoms with Crippen LogP contribution in [0.25, 0.3) is 0 Å². The van der Waals surface area contributed by atoms with Gasteiger partial charge in [-0.2, -0.15) is 21.6 Å². The van der Waals surface area contributed by atoms with Gasteiger partial charge in [0.25, 0.3) is 26.1 Å². The summed E-state index contributed by atoms with van der Waals surface area (Å²) in [4.78, 5) is 130. The molecule has 0 aliphatic carbocycles. The molecule has 4 atom stereocenters. The first-order valence-electron chi connectivity index (χ1n) is 31.3. The number of sulfonamides is 1. The standard InChI is InChI=1S/C61H80N12O25S5/c1-36-23-45(24-37(2)55(36)103(96,97)70-46(60(88)89)26-65-57(85)41-12-7-38(8-13-41)9-15-42-18-14-40-5-3-19-63-56(40)66-42)98-22-4-6-49(74)62-20-21-64-58(86)47(33-101(90,91)92)68-59(87)48(34-102(93,94)95)69-61(99)67-43-16-10-39(11-17-43)25-44(72(29-51(77)78)30-52(79)80)27-71(28-50(75)76)35-100-73(31-53(81)82)32-54(83)84/h7-8,10-14,16-18,23-24,44,46-48,70H,3-6,9,15,19-22,25-35H2,1-2H3,(H,62,74)(H,63,66)(H,64,86)(H,65,85)(H,68,87)(H,75,76)(H,77,78)(H,79,80)(H,81,82)(H,83,84)(H,88,89)(H2,67,69,99)(H,90,91,92)(H,93,94,95)/t44?,46-,47?,48+/m1/s1. The molecule has 37 nitrogen and oxygen atoms in total. The van der Waals surface area contributed by atoms with Gasteiger partial charge in [0.2, 0.25) is 27.7 Å². The number of aryl methyl sites for hydroxylation is 5. The van der Waals surface area contributed by atoms with Gasteiger partial charge >= 0.3 is 35.8 Å². The fourth-order valence-corrected chi connectivity index (χ4v) is 14.5. The van der Waals surface area contributed by atoms with Crippen LogP contribution in [0.5, 0.6) is 5.75 Å². The topological polar surface area (TPSA) is 563 Å². The van der Waals surface area contributed by atoms with Crippen LogP contribution in [0.3, 0.4) is 0 Å². The van der Waals surface area contributed by atoms with Crippen molar-refractivity contribution in [2.24, 2.45) is 0 Å². The van der Waals surface area contributed by atoms with Crippen LogP contribution >= 0.6 is 24.2 Å². The monoisotopic (exact) mass is 1540 g/mol. The first-order valence-corrected chi connectivity index (χ1v) is 37.3. The Labute approximate surface area is 600 Å². The van der Waals surface area contributed by atoms with Gasteiger partial charge in [0.1, 0.15) is 54.3 Å². The number of anilines is 2. The lowest BCUT2D eigenvalue weighted by Crippen LogP contribution is -2.58. The van der Waals surface area contributed by atoms with Gasteiger partial charge in [-0.05, 0) is 135 Å². The number of carboxylic acid groups (broad SMARTS) is 6. The lowest BCUT2D eigenvalue weighted by atomic mass is 10.0. The zero-order valence-corrected chi connectivity index (χ0v) is 59.5.